The Hall–Kier alpha value is -1.32. The van der Waals surface area contributed by atoms with Crippen molar-refractivity contribution in [2.75, 3.05) is 0 Å². The first-order valence-corrected chi connectivity index (χ1v) is 2.76. The van der Waals surface area contributed by atoms with Crippen LogP contribution in [-0.4, -0.2) is 24.2 Å². The number of carbonyl (C=O) groups excluding carboxylic acids is 3. The fourth-order valence-electron chi connectivity index (χ4n) is 0.344. The van der Waals surface area contributed by atoms with Gasteiger partial charge in [0, 0.05) is 6.42 Å². The fraction of sp³-hybridized carbons (Fsp3) is 0.333. The monoisotopic (exact) mass is 141 g/mol. The lowest BCUT2D eigenvalue weighted by Gasteiger charge is -1.84. The minimum absolute atomic E-state index is 0.143. The second-order valence-electron chi connectivity index (χ2n) is 1.52. The smallest absolute Gasteiger partial charge is 0.239 e. The Morgan fingerprint density at radius 3 is 2.50 bits per heavy atom. The van der Waals surface area contributed by atoms with Crippen molar-refractivity contribution in [3.05, 3.63) is 0 Å². The summed E-state index contributed by atoms with van der Waals surface area (Å²) in [4.78, 5) is 33.5. The fourth-order valence-corrected chi connectivity index (χ4v) is 0.344. The van der Waals surface area contributed by atoms with E-state index in [1.807, 2.05) is 0 Å². The minimum atomic E-state index is -0.727. The molecule has 0 atom stereocenters. The predicted octanol–water partition coefficient (Wildman–Crippen LogP) is -0.238. The molecule has 54 valence electrons. The molecule has 0 saturated carbocycles. The standard InChI is InChI=1S/C6H7NO3/c1-2-5(9)6(10)3-7-4-8/h3-4H,2H2,1H3. The summed E-state index contributed by atoms with van der Waals surface area (Å²) in [5, 5.41) is 0. The van der Waals surface area contributed by atoms with Gasteiger partial charge in [-0.25, -0.2) is 4.99 Å². The number of rotatable bonds is 4. The molecule has 0 N–H and O–H groups in total. The normalized spacial score (nSPS) is 9.70. The second kappa shape index (κ2) is 4.55. The van der Waals surface area contributed by atoms with E-state index in [9.17, 15) is 14.4 Å². The average Bonchev–Trinajstić information content (AvgIpc) is 1.98. The summed E-state index contributed by atoms with van der Waals surface area (Å²) < 4.78 is 0. The Balaban J connectivity index is 3.97. The van der Waals surface area contributed by atoms with Gasteiger partial charge in [0.05, 0.1) is 6.21 Å². The van der Waals surface area contributed by atoms with E-state index in [4.69, 9.17) is 0 Å². The summed E-state index contributed by atoms with van der Waals surface area (Å²) in [6.45, 7) is 1.56. The number of Topliss-reactive ketones (excluding diaryl/α,β-unsaturated/α-hetero) is 2. The summed E-state index contributed by atoms with van der Waals surface area (Å²) >= 11 is 0. The van der Waals surface area contributed by atoms with Crippen molar-refractivity contribution in [1.29, 1.82) is 0 Å². The van der Waals surface area contributed by atoms with Gasteiger partial charge in [0.25, 0.3) is 0 Å². The number of hydrogen-bond acceptors (Lipinski definition) is 3. The van der Waals surface area contributed by atoms with Crippen molar-refractivity contribution in [2.45, 2.75) is 13.3 Å². The Labute approximate surface area is 57.9 Å². The number of amides is 1. The average molecular weight is 141 g/mol. The molecule has 0 spiro atoms. The van der Waals surface area contributed by atoms with Gasteiger partial charge in [0.2, 0.25) is 18.0 Å². The molecule has 0 aromatic heterocycles. The van der Waals surface area contributed by atoms with Crippen molar-refractivity contribution in [2.24, 2.45) is 4.99 Å². The zero-order valence-corrected chi connectivity index (χ0v) is 5.53. The van der Waals surface area contributed by atoms with E-state index in [0.29, 0.717) is 0 Å². The molecule has 1 amide bonds. The van der Waals surface area contributed by atoms with Crippen LogP contribution in [0.1, 0.15) is 13.3 Å². The van der Waals surface area contributed by atoms with Gasteiger partial charge in [-0.3, -0.25) is 14.4 Å². The van der Waals surface area contributed by atoms with E-state index in [-0.39, 0.29) is 12.8 Å². The van der Waals surface area contributed by atoms with Crippen LogP contribution < -0.4 is 0 Å². The van der Waals surface area contributed by atoms with Crippen molar-refractivity contribution in [3.8, 4) is 0 Å². The largest absolute Gasteiger partial charge is 0.290 e. The topological polar surface area (TPSA) is 63.6 Å². The molecule has 4 heteroatoms. The van der Waals surface area contributed by atoms with Crippen LogP contribution in [0.15, 0.2) is 4.99 Å². The van der Waals surface area contributed by atoms with E-state index >= 15 is 0 Å². The van der Waals surface area contributed by atoms with Gasteiger partial charge in [0.15, 0.2) is 0 Å². The maximum Gasteiger partial charge on any atom is 0.239 e. The van der Waals surface area contributed by atoms with Crippen LogP contribution in [-0.2, 0) is 14.4 Å². The number of carbonyl (C=O) groups is 3. The zero-order valence-electron chi connectivity index (χ0n) is 5.53. The Kier molecular flexibility index (Phi) is 3.95. The highest BCUT2D eigenvalue weighted by Crippen LogP contribution is 1.79. The molecule has 0 heterocycles. The molecule has 0 aliphatic heterocycles. The first-order chi connectivity index (χ1) is 4.72. The molecule has 0 saturated heterocycles. The van der Waals surface area contributed by atoms with Crippen LogP contribution in [0, 0.1) is 0 Å². The molecule has 0 aromatic rings. The van der Waals surface area contributed by atoms with Gasteiger partial charge in [-0.15, -0.1) is 0 Å². The molecule has 0 fully saturated rings. The lowest BCUT2D eigenvalue weighted by Crippen LogP contribution is -2.13. The summed E-state index contributed by atoms with van der Waals surface area (Å²) in [5.41, 5.74) is 0. The molecule has 0 unspecified atom stereocenters. The summed E-state index contributed by atoms with van der Waals surface area (Å²) in [6, 6.07) is 0. The first kappa shape index (κ1) is 8.68. The number of hydrogen-bond donors (Lipinski definition) is 0. The van der Waals surface area contributed by atoms with Crippen LogP contribution in [0.25, 0.3) is 0 Å². The molecule has 0 rings (SSSR count). The molecule has 0 radical (unpaired) electrons. The van der Waals surface area contributed by atoms with E-state index in [1.54, 1.807) is 6.92 Å². The molecular formula is C6H7NO3. The van der Waals surface area contributed by atoms with Gasteiger partial charge in [0.1, 0.15) is 0 Å². The van der Waals surface area contributed by atoms with Crippen molar-refractivity contribution < 1.29 is 14.4 Å². The highest BCUT2D eigenvalue weighted by atomic mass is 16.2. The Morgan fingerprint density at radius 1 is 1.50 bits per heavy atom. The number of aliphatic imine (C=N–C) groups is 1. The maximum atomic E-state index is 10.5. The molecular weight excluding hydrogens is 134 g/mol. The summed E-state index contributed by atoms with van der Waals surface area (Å²) in [6.07, 6.45) is 1.07. The molecule has 0 aromatic carbocycles. The maximum absolute atomic E-state index is 10.5. The third-order valence-electron chi connectivity index (χ3n) is 0.849. The van der Waals surface area contributed by atoms with E-state index < -0.39 is 11.6 Å². The molecule has 0 bridgehead atoms. The highest BCUT2D eigenvalue weighted by molar-refractivity contribution is 6.59. The Bertz CT molecular complexity index is 183. The van der Waals surface area contributed by atoms with E-state index in [1.165, 1.54) is 0 Å². The van der Waals surface area contributed by atoms with Crippen molar-refractivity contribution in [3.63, 3.8) is 0 Å². The van der Waals surface area contributed by atoms with Crippen LogP contribution in [0.4, 0.5) is 0 Å². The predicted molar refractivity (Wildman–Crippen MR) is 34.9 cm³/mol. The highest BCUT2D eigenvalue weighted by Gasteiger charge is 2.06. The quantitative estimate of drug-likeness (QED) is 0.308. The molecule has 4 nitrogen and oxygen atoms in total. The second-order valence-corrected chi connectivity index (χ2v) is 1.52. The SMILES string of the molecule is CCC(=O)C(=O)C=NC=O. The van der Waals surface area contributed by atoms with Crippen LogP contribution in [0.2, 0.25) is 0 Å². The van der Waals surface area contributed by atoms with E-state index in [0.717, 1.165) is 6.21 Å². The Morgan fingerprint density at radius 2 is 2.10 bits per heavy atom. The summed E-state index contributed by atoms with van der Waals surface area (Å²) in [7, 11) is 0. The first-order valence-electron chi connectivity index (χ1n) is 2.76. The van der Waals surface area contributed by atoms with E-state index in [2.05, 4.69) is 4.99 Å². The summed E-state index contributed by atoms with van der Waals surface area (Å²) in [5.74, 6) is -1.26. The van der Waals surface area contributed by atoms with Gasteiger partial charge < -0.3 is 0 Å². The number of nitrogens with zero attached hydrogens (tertiary/aromatic N) is 1. The van der Waals surface area contributed by atoms with Crippen LogP contribution >= 0.6 is 0 Å². The van der Waals surface area contributed by atoms with Gasteiger partial charge in [-0.05, 0) is 0 Å². The van der Waals surface area contributed by atoms with Gasteiger partial charge >= 0.3 is 0 Å². The minimum Gasteiger partial charge on any atom is -0.290 e. The lowest BCUT2D eigenvalue weighted by atomic mass is 10.2. The molecule has 10 heavy (non-hydrogen) atoms. The third-order valence-corrected chi connectivity index (χ3v) is 0.849. The molecule has 0 aliphatic carbocycles. The zero-order chi connectivity index (χ0) is 7.98. The number of ketones is 2. The molecule has 0 aliphatic rings. The van der Waals surface area contributed by atoms with Crippen LogP contribution in [0.5, 0.6) is 0 Å². The van der Waals surface area contributed by atoms with Gasteiger partial charge in [-0.1, -0.05) is 6.92 Å². The van der Waals surface area contributed by atoms with Gasteiger partial charge in [-0.2, -0.15) is 0 Å². The van der Waals surface area contributed by atoms with Crippen molar-refractivity contribution in [1.82, 2.24) is 0 Å². The van der Waals surface area contributed by atoms with Crippen LogP contribution in [0.3, 0.4) is 0 Å². The lowest BCUT2D eigenvalue weighted by molar-refractivity contribution is -0.132. The van der Waals surface area contributed by atoms with Crippen molar-refractivity contribution >= 4 is 24.2 Å². The third kappa shape index (κ3) is 2.86.